The molecule has 0 radical (unpaired) electrons. The molecule has 3 N–H and O–H groups in total. The first-order valence-corrected chi connectivity index (χ1v) is 29.2. The quantitative estimate of drug-likeness (QED) is 0.0724. The van der Waals surface area contributed by atoms with E-state index in [1.54, 1.807) is 62.7 Å². The van der Waals surface area contributed by atoms with Gasteiger partial charge in [0.1, 0.15) is 80.4 Å². The Morgan fingerprint density at radius 1 is 0.711 bits per heavy atom. The summed E-state index contributed by atoms with van der Waals surface area (Å²) in [6, 6.07) is 19.2. The van der Waals surface area contributed by atoms with Crippen molar-refractivity contribution in [1.29, 1.82) is 0 Å². The Kier molecular flexibility index (Phi) is 27.2. The van der Waals surface area contributed by atoms with Crippen molar-refractivity contribution in [2.75, 3.05) is 54.2 Å². The molecule has 462 valence electrons. The van der Waals surface area contributed by atoms with Gasteiger partial charge in [0.05, 0.1) is 62.8 Å². The number of aliphatic imine (C=N–C) groups is 1. The molecule has 5 aromatic carbocycles. The third kappa shape index (κ3) is 21.3. The second-order valence-electron chi connectivity index (χ2n) is 21.6. The topological polar surface area (TPSA) is 159 Å². The number of rotatable bonds is 16. The molecule has 25 heteroatoms. The number of hydrogen-bond acceptors (Lipinski definition) is 10. The summed E-state index contributed by atoms with van der Waals surface area (Å²) in [4.78, 5) is 8.12. The van der Waals surface area contributed by atoms with Crippen LogP contribution >= 0.6 is 0 Å². The molecule has 0 aliphatic carbocycles. The zero-order valence-corrected chi connectivity index (χ0v) is 51.2. The van der Waals surface area contributed by atoms with E-state index >= 15 is 0 Å². The Labute approximate surface area is 488 Å². The van der Waals surface area contributed by atoms with Gasteiger partial charge in [-0.3, -0.25) is 0 Å². The minimum Gasteiger partial charge on any atom is -0.497 e. The fourth-order valence-electron chi connectivity index (χ4n) is 7.67. The standard InChI is InChI=1S/C23H31F3N2O2S.C12H14F3NOS.C11H12F3N3O2S.C11H17NO.CH4/c1-22(2,3)31(29)27-23(4,21-19(25)13-17(24)14-20(21)26)11-12-28(5)15-16-7-9-18(30-6)10-8-16;1-7(16-18(17)12(2,3)4)11-9(14)5-8(13)6-10(11)15;1-11(5-20(18,19)17(2)10(15)16-11)9-7(13)3-6(12)4-8(9)14;1-4-12(2)9-10-5-7-11(13-3)8-6-10;/h7-10,13-14,27H,11-12,15H2,1-6H3;5-6H,1-4H3;3-4H,5H2,1-2H3,(H2,15,16);5-8H,4,9H2,1-3H3;1H4/t23-,31-;;11-;;/m0.0../s1. The van der Waals surface area contributed by atoms with E-state index in [2.05, 4.69) is 45.1 Å². The van der Waals surface area contributed by atoms with Gasteiger partial charge in [0.2, 0.25) is 16.0 Å². The highest BCUT2D eigenvalue weighted by Crippen LogP contribution is 2.36. The summed E-state index contributed by atoms with van der Waals surface area (Å²) in [5, 5.41) is 0. The van der Waals surface area contributed by atoms with E-state index in [4.69, 9.17) is 15.2 Å². The summed E-state index contributed by atoms with van der Waals surface area (Å²) in [6.07, 6.45) is 0.251. The van der Waals surface area contributed by atoms with Crippen molar-refractivity contribution in [2.45, 2.75) is 117 Å². The monoisotopic (exact) mass is 1240 g/mol. The van der Waals surface area contributed by atoms with Crippen molar-refractivity contribution in [1.82, 2.24) is 18.8 Å². The molecule has 1 aliphatic rings. The first-order valence-electron chi connectivity index (χ1n) is 25.4. The first kappa shape index (κ1) is 73.2. The Morgan fingerprint density at radius 3 is 1.48 bits per heavy atom. The lowest BCUT2D eigenvalue weighted by Gasteiger charge is -2.35. The molecule has 0 fully saturated rings. The maximum absolute atomic E-state index is 14.7. The lowest BCUT2D eigenvalue weighted by atomic mass is 9.88. The number of nitrogens with zero attached hydrogens (tertiary/aromatic N) is 5. The third-order valence-electron chi connectivity index (χ3n) is 12.4. The normalized spacial score (nSPS) is 16.6. The lowest BCUT2D eigenvalue weighted by molar-refractivity contribution is 0.264. The van der Waals surface area contributed by atoms with Gasteiger partial charge in [0, 0.05) is 68.6 Å². The molecule has 0 saturated carbocycles. The van der Waals surface area contributed by atoms with Crippen LogP contribution < -0.4 is 19.9 Å². The molecule has 5 aromatic rings. The maximum Gasteiger partial charge on any atom is 0.239 e. The summed E-state index contributed by atoms with van der Waals surface area (Å²) < 4.78 is 188. The molecule has 13 nitrogen and oxygen atoms in total. The SMILES string of the molecule is C.CC(=NS(=O)C(C)(C)C)c1c(F)cc(F)cc1F.CCN(C)Cc1ccc(OC)cc1.CN1C(N)=N[C@](C)(c2c(F)cc(F)cc2F)CS1(=O)=O.COc1ccc(CN(C)CC[C@](C)(N[S@@](=O)C(C)(C)C)c2c(F)cc(F)cc2F)cc1. The number of benzene rings is 5. The number of nitrogens with one attached hydrogen (secondary N) is 1. The number of sulfonamides is 1. The molecular formula is C58H78F9N7O6S3. The van der Waals surface area contributed by atoms with E-state index in [9.17, 15) is 56.3 Å². The van der Waals surface area contributed by atoms with Gasteiger partial charge in [0.15, 0.2) is 0 Å². The zero-order chi connectivity index (χ0) is 62.5. The van der Waals surface area contributed by atoms with E-state index in [1.807, 2.05) is 48.3 Å². The molecule has 0 aromatic heterocycles. The van der Waals surface area contributed by atoms with Crippen LogP contribution in [0.15, 0.2) is 94.3 Å². The number of guanidine groups is 1. The third-order valence-corrected chi connectivity index (χ3v) is 17.6. The van der Waals surface area contributed by atoms with Crippen molar-refractivity contribution in [3.05, 3.63) is 165 Å². The van der Waals surface area contributed by atoms with Crippen molar-refractivity contribution >= 4 is 43.7 Å². The minimum absolute atomic E-state index is 0. The summed E-state index contributed by atoms with van der Waals surface area (Å²) in [5.74, 6) is -9.00. The van der Waals surface area contributed by atoms with Gasteiger partial charge in [-0.15, -0.1) is 0 Å². The Hall–Kier alpha value is -5.86. The Balaban J connectivity index is 0.000000395. The van der Waals surface area contributed by atoms with Crippen LogP contribution in [0, 0.1) is 52.4 Å². The highest BCUT2D eigenvalue weighted by molar-refractivity contribution is 7.89. The smallest absolute Gasteiger partial charge is 0.239 e. The molecule has 1 heterocycles. The van der Waals surface area contributed by atoms with E-state index in [-0.39, 0.29) is 31.1 Å². The summed E-state index contributed by atoms with van der Waals surface area (Å²) in [5.41, 5.74) is 3.34. The van der Waals surface area contributed by atoms with Crippen LogP contribution in [0.3, 0.4) is 0 Å². The van der Waals surface area contributed by atoms with Crippen LogP contribution in [-0.4, -0.2) is 106 Å². The molecular weight excluding hydrogens is 1160 g/mol. The largest absolute Gasteiger partial charge is 0.497 e. The fraction of sp³-hybridized carbons (Fsp3) is 0.448. The van der Waals surface area contributed by atoms with Gasteiger partial charge in [-0.05, 0) is 125 Å². The van der Waals surface area contributed by atoms with Gasteiger partial charge in [-0.2, -0.15) is 4.40 Å². The van der Waals surface area contributed by atoms with Gasteiger partial charge < -0.3 is 25.0 Å². The first-order chi connectivity index (χ1) is 37.8. The average molecular weight is 1240 g/mol. The number of methoxy groups -OCH3 is 2. The van der Waals surface area contributed by atoms with Gasteiger partial charge in [-0.25, -0.2) is 70.4 Å². The van der Waals surface area contributed by atoms with Crippen molar-refractivity contribution < 1.29 is 65.8 Å². The second-order valence-corrected chi connectivity index (χ2v) is 27.4. The molecule has 6 rings (SSSR count). The molecule has 0 amide bonds. The molecule has 0 bridgehead atoms. The van der Waals surface area contributed by atoms with Gasteiger partial charge in [-0.1, -0.05) is 38.6 Å². The van der Waals surface area contributed by atoms with Crippen LogP contribution in [0.4, 0.5) is 39.5 Å². The average Bonchev–Trinajstić information content (AvgIpc) is 3.17. The number of nitrogens with two attached hydrogens (primary N) is 1. The molecule has 0 spiro atoms. The van der Waals surface area contributed by atoms with Crippen molar-refractivity contribution in [2.24, 2.45) is 15.1 Å². The van der Waals surface area contributed by atoms with Crippen LogP contribution in [0.25, 0.3) is 0 Å². The highest BCUT2D eigenvalue weighted by atomic mass is 32.2. The van der Waals surface area contributed by atoms with E-state index in [1.165, 1.54) is 26.5 Å². The van der Waals surface area contributed by atoms with Crippen LogP contribution in [-0.2, 0) is 56.2 Å². The zero-order valence-electron chi connectivity index (χ0n) is 48.7. The van der Waals surface area contributed by atoms with Crippen molar-refractivity contribution in [3.63, 3.8) is 0 Å². The fourth-order valence-corrected chi connectivity index (χ4v) is 10.6. The molecule has 83 heavy (non-hydrogen) atoms. The summed E-state index contributed by atoms with van der Waals surface area (Å²) >= 11 is 0. The highest BCUT2D eigenvalue weighted by Gasteiger charge is 2.44. The predicted molar refractivity (Wildman–Crippen MR) is 314 cm³/mol. The maximum atomic E-state index is 14.7. The molecule has 1 aliphatic heterocycles. The van der Waals surface area contributed by atoms with Gasteiger partial charge in [0.25, 0.3) is 0 Å². The number of hydrogen-bond donors (Lipinski definition) is 2. The van der Waals surface area contributed by atoms with Crippen molar-refractivity contribution in [3.8, 4) is 11.5 Å². The van der Waals surface area contributed by atoms with Gasteiger partial charge >= 0.3 is 0 Å². The van der Waals surface area contributed by atoms with Crippen LogP contribution in [0.1, 0.15) is 111 Å². The molecule has 0 saturated heterocycles. The van der Waals surface area contributed by atoms with E-state index in [0.717, 1.165) is 34.5 Å². The molecule has 1 unspecified atom stereocenters. The summed E-state index contributed by atoms with van der Waals surface area (Å²) in [7, 11) is 1.40. The second kappa shape index (κ2) is 30.8. The number of ether oxygens (including phenoxy) is 2. The minimum atomic E-state index is -3.86. The van der Waals surface area contributed by atoms with Crippen LogP contribution in [0.5, 0.6) is 11.5 Å². The lowest BCUT2D eigenvalue weighted by Crippen LogP contribution is -2.50. The summed E-state index contributed by atoms with van der Waals surface area (Å²) in [6.45, 7) is 19.8. The van der Waals surface area contributed by atoms with Crippen LogP contribution in [0.2, 0.25) is 0 Å². The number of halogens is 9. The predicted octanol–water partition coefficient (Wildman–Crippen LogP) is 12.0. The Bertz CT molecular complexity index is 3130. The Morgan fingerprint density at radius 2 is 1.11 bits per heavy atom. The van der Waals surface area contributed by atoms with E-state index in [0.29, 0.717) is 49.5 Å². The molecule has 4 atom stereocenters. The van der Waals surface area contributed by atoms with E-state index < -0.39 is 122 Å².